The Labute approximate surface area is 117 Å². The number of hydrogen-bond donors (Lipinski definition) is 1. The van der Waals surface area contributed by atoms with Crippen LogP contribution in [-0.4, -0.2) is 36.6 Å². The molecule has 1 heterocycles. The topological polar surface area (TPSA) is 51.4 Å². The van der Waals surface area contributed by atoms with E-state index in [1.54, 1.807) is 7.11 Å². The van der Waals surface area contributed by atoms with Crippen LogP contribution in [0.1, 0.15) is 32.2 Å². The zero-order valence-corrected chi connectivity index (χ0v) is 12.9. The molecule has 108 valence electrons. The zero-order valence-electron chi connectivity index (χ0n) is 12.9. The molecular formula is C15H27N3O. The Bertz CT molecular complexity index is 404. The fourth-order valence-corrected chi connectivity index (χ4v) is 2.08. The first kappa shape index (κ1) is 15.9. The van der Waals surface area contributed by atoms with Crippen LogP contribution in [0.4, 0.5) is 0 Å². The quantitative estimate of drug-likeness (QED) is 0.821. The van der Waals surface area contributed by atoms with E-state index in [4.69, 9.17) is 10.5 Å². The van der Waals surface area contributed by atoms with Crippen LogP contribution in [0.2, 0.25) is 0 Å². The molecule has 0 amide bonds. The smallest absolute Gasteiger partial charge is 0.122 e. The normalized spacial score (nSPS) is 11.9. The lowest BCUT2D eigenvalue weighted by Crippen LogP contribution is -2.38. The van der Waals surface area contributed by atoms with Crippen LogP contribution in [0, 0.1) is 12.3 Å². The number of aromatic nitrogens is 1. The fraction of sp³-hybridized carbons (Fsp3) is 0.667. The summed E-state index contributed by atoms with van der Waals surface area (Å²) in [5, 5.41) is 0. The molecule has 1 aromatic heterocycles. The van der Waals surface area contributed by atoms with Gasteiger partial charge in [0.15, 0.2) is 0 Å². The Balaban J connectivity index is 2.78. The van der Waals surface area contributed by atoms with Gasteiger partial charge in [-0.3, -0.25) is 9.88 Å². The Morgan fingerprint density at radius 2 is 2.05 bits per heavy atom. The van der Waals surface area contributed by atoms with Crippen molar-refractivity contribution in [1.29, 1.82) is 0 Å². The van der Waals surface area contributed by atoms with Crippen molar-refractivity contribution in [2.24, 2.45) is 11.1 Å². The first-order valence-corrected chi connectivity index (χ1v) is 6.84. The third-order valence-electron chi connectivity index (χ3n) is 3.25. The minimum absolute atomic E-state index is 0.129. The molecule has 0 aromatic carbocycles. The Morgan fingerprint density at radius 3 is 2.58 bits per heavy atom. The third kappa shape index (κ3) is 5.17. The molecule has 0 saturated heterocycles. The molecule has 0 atom stereocenters. The highest BCUT2D eigenvalue weighted by Crippen LogP contribution is 2.18. The maximum absolute atomic E-state index is 5.81. The SMILES string of the molecule is CCN(Cc1cc(OC)cc(C)n1)CC(C)(C)CN. The summed E-state index contributed by atoms with van der Waals surface area (Å²) in [4.78, 5) is 6.94. The molecule has 0 aliphatic heterocycles. The van der Waals surface area contributed by atoms with Crippen molar-refractivity contribution in [2.75, 3.05) is 26.7 Å². The van der Waals surface area contributed by atoms with Gasteiger partial charge >= 0.3 is 0 Å². The summed E-state index contributed by atoms with van der Waals surface area (Å²) in [7, 11) is 1.69. The number of nitrogens with two attached hydrogens (primary N) is 1. The van der Waals surface area contributed by atoms with Crippen molar-refractivity contribution >= 4 is 0 Å². The van der Waals surface area contributed by atoms with E-state index < -0.39 is 0 Å². The van der Waals surface area contributed by atoms with Gasteiger partial charge in [0.25, 0.3) is 0 Å². The van der Waals surface area contributed by atoms with Crippen LogP contribution in [0.3, 0.4) is 0 Å². The Morgan fingerprint density at radius 1 is 1.37 bits per heavy atom. The minimum atomic E-state index is 0.129. The van der Waals surface area contributed by atoms with Crippen LogP contribution in [-0.2, 0) is 6.54 Å². The van der Waals surface area contributed by atoms with Crippen LogP contribution in [0.15, 0.2) is 12.1 Å². The van der Waals surface area contributed by atoms with Gasteiger partial charge in [-0.05, 0) is 25.4 Å². The van der Waals surface area contributed by atoms with E-state index >= 15 is 0 Å². The van der Waals surface area contributed by atoms with E-state index in [9.17, 15) is 0 Å². The van der Waals surface area contributed by atoms with Gasteiger partial charge in [-0.15, -0.1) is 0 Å². The molecule has 4 nitrogen and oxygen atoms in total. The van der Waals surface area contributed by atoms with Crippen molar-refractivity contribution in [2.45, 2.75) is 34.2 Å². The van der Waals surface area contributed by atoms with Crippen molar-refractivity contribution in [1.82, 2.24) is 9.88 Å². The summed E-state index contributed by atoms with van der Waals surface area (Å²) in [5.74, 6) is 0.872. The molecular weight excluding hydrogens is 238 g/mol. The summed E-state index contributed by atoms with van der Waals surface area (Å²) in [6, 6.07) is 3.95. The Kier molecular flexibility index (Phi) is 5.76. The lowest BCUT2D eigenvalue weighted by atomic mass is 9.93. The average molecular weight is 265 g/mol. The van der Waals surface area contributed by atoms with E-state index in [1.807, 2.05) is 19.1 Å². The lowest BCUT2D eigenvalue weighted by Gasteiger charge is -2.30. The maximum atomic E-state index is 5.81. The van der Waals surface area contributed by atoms with E-state index in [0.29, 0.717) is 6.54 Å². The Hall–Kier alpha value is -1.13. The highest BCUT2D eigenvalue weighted by molar-refractivity contribution is 5.26. The van der Waals surface area contributed by atoms with Crippen LogP contribution < -0.4 is 10.5 Å². The second kappa shape index (κ2) is 6.87. The number of nitrogens with zero attached hydrogens (tertiary/aromatic N) is 2. The number of pyridine rings is 1. The number of methoxy groups -OCH3 is 1. The predicted molar refractivity (Wildman–Crippen MR) is 79.3 cm³/mol. The van der Waals surface area contributed by atoms with Gasteiger partial charge in [-0.1, -0.05) is 20.8 Å². The summed E-state index contributed by atoms with van der Waals surface area (Å²) in [5.41, 5.74) is 7.98. The first-order valence-electron chi connectivity index (χ1n) is 6.84. The van der Waals surface area contributed by atoms with E-state index in [1.165, 1.54) is 0 Å². The van der Waals surface area contributed by atoms with Crippen molar-refractivity contribution in [3.63, 3.8) is 0 Å². The predicted octanol–water partition coefficient (Wildman–Crippen LogP) is 2.21. The molecule has 0 spiro atoms. The molecule has 0 aliphatic carbocycles. The van der Waals surface area contributed by atoms with Crippen molar-refractivity contribution < 1.29 is 4.74 Å². The van der Waals surface area contributed by atoms with Crippen LogP contribution in [0.5, 0.6) is 5.75 Å². The molecule has 0 saturated carbocycles. The molecule has 2 N–H and O–H groups in total. The maximum Gasteiger partial charge on any atom is 0.122 e. The zero-order chi connectivity index (χ0) is 14.5. The third-order valence-corrected chi connectivity index (χ3v) is 3.25. The molecule has 1 rings (SSSR count). The first-order chi connectivity index (χ1) is 8.90. The van der Waals surface area contributed by atoms with E-state index in [0.717, 1.165) is 36.8 Å². The van der Waals surface area contributed by atoms with Gasteiger partial charge in [0.2, 0.25) is 0 Å². The summed E-state index contributed by atoms with van der Waals surface area (Å²) in [6.45, 7) is 12.0. The van der Waals surface area contributed by atoms with E-state index in [-0.39, 0.29) is 5.41 Å². The second-order valence-corrected chi connectivity index (χ2v) is 5.81. The highest BCUT2D eigenvalue weighted by Gasteiger charge is 2.19. The highest BCUT2D eigenvalue weighted by atomic mass is 16.5. The van der Waals surface area contributed by atoms with Gasteiger partial charge < -0.3 is 10.5 Å². The standard InChI is InChI=1S/C15H27N3O/c1-6-18(11-15(3,4)10-16)9-13-8-14(19-5)7-12(2)17-13/h7-8H,6,9-11,16H2,1-5H3. The fourth-order valence-electron chi connectivity index (χ4n) is 2.08. The van der Waals surface area contributed by atoms with Crippen molar-refractivity contribution in [3.8, 4) is 5.75 Å². The number of ether oxygens (including phenoxy) is 1. The summed E-state index contributed by atoms with van der Waals surface area (Å²) < 4.78 is 5.29. The molecule has 0 unspecified atom stereocenters. The number of hydrogen-bond acceptors (Lipinski definition) is 4. The number of aryl methyl sites for hydroxylation is 1. The van der Waals surface area contributed by atoms with Crippen LogP contribution >= 0.6 is 0 Å². The van der Waals surface area contributed by atoms with Crippen LogP contribution in [0.25, 0.3) is 0 Å². The van der Waals surface area contributed by atoms with Crippen molar-refractivity contribution in [3.05, 3.63) is 23.5 Å². The van der Waals surface area contributed by atoms with Gasteiger partial charge in [0.1, 0.15) is 5.75 Å². The molecule has 0 radical (unpaired) electrons. The lowest BCUT2D eigenvalue weighted by molar-refractivity contribution is 0.181. The summed E-state index contributed by atoms with van der Waals surface area (Å²) in [6.07, 6.45) is 0. The monoisotopic (exact) mass is 265 g/mol. The molecule has 0 aliphatic rings. The van der Waals surface area contributed by atoms with Gasteiger partial charge in [-0.2, -0.15) is 0 Å². The van der Waals surface area contributed by atoms with Gasteiger partial charge in [-0.25, -0.2) is 0 Å². The molecule has 4 heteroatoms. The molecule has 19 heavy (non-hydrogen) atoms. The van der Waals surface area contributed by atoms with E-state index in [2.05, 4.69) is 30.7 Å². The largest absolute Gasteiger partial charge is 0.497 e. The second-order valence-electron chi connectivity index (χ2n) is 5.81. The van der Waals surface area contributed by atoms with Gasteiger partial charge in [0.05, 0.1) is 12.8 Å². The summed E-state index contributed by atoms with van der Waals surface area (Å²) >= 11 is 0. The molecule has 0 fully saturated rings. The molecule has 0 bridgehead atoms. The average Bonchev–Trinajstić information content (AvgIpc) is 2.37. The minimum Gasteiger partial charge on any atom is -0.497 e. The molecule has 1 aromatic rings. The van der Waals surface area contributed by atoms with Gasteiger partial charge in [0, 0.05) is 30.9 Å². The number of rotatable bonds is 7.